The smallest absolute Gasteiger partial charge is 0.338 e. The lowest BCUT2D eigenvalue weighted by Gasteiger charge is -2.25. The van der Waals surface area contributed by atoms with Crippen LogP contribution in [0, 0.1) is 0 Å². The van der Waals surface area contributed by atoms with Crippen molar-refractivity contribution in [1.29, 1.82) is 0 Å². The zero-order valence-corrected chi connectivity index (χ0v) is 20.4. The maximum atomic E-state index is 13.9. The first kappa shape index (κ1) is 22.8. The number of allylic oxidation sites excluding steroid dienone is 1. The molecule has 0 fully saturated rings. The van der Waals surface area contributed by atoms with Crippen molar-refractivity contribution >= 4 is 34.5 Å². The zero-order chi connectivity index (χ0) is 24.9. The Hall–Kier alpha value is -3.98. The number of aromatic nitrogens is 1. The summed E-state index contributed by atoms with van der Waals surface area (Å²) in [4.78, 5) is 44.9. The average molecular weight is 490 g/mol. The number of hydrogen-bond acceptors (Lipinski definition) is 7. The summed E-state index contributed by atoms with van der Waals surface area (Å²) in [6, 6.07) is 13.6. The average Bonchev–Trinajstić information content (AvgIpc) is 3.32. The molecule has 3 heterocycles. The Kier molecular flexibility index (Phi) is 5.64. The van der Waals surface area contributed by atoms with Crippen LogP contribution in [0.2, 0.25) is 0 Å². The van der Waals surface area contributed by atoms with Gasteiger partial charge in [0.05, 0.1) is 36.1 Å². The Bertz CT molecular complexity index is 1580. The van der Waals surface area contributed by atoms with Crippen molar-refractivity contribution in [3.8, 4) is 5.75 Å². The van der Waals surface area contributed by atoms with E-state index in [9.17, 15) is 14.4 Å². The SMILES string of the molecule is COc1ccc(C2C(C(=O)OC(C)C)=C(C)N=c3s/c(=C4/C(=O)Nc5ccccc54)c(=O)n32)cc1. The second-order valence-electron chi connectivity index (χ2n) is 8.50. The number of nitrogens with zero attached hydrogens (tertiary/aromatic N) is 2. The molecule has 35 heavy (non-hydrogen) atoms. The summed E-state index contributed by atoms with van der Waals surface area (Å²) in [5.41, 5.74) is 2.68. The molecule has 0 saturated heterocycles. The van der Waals surface area contributed by atoms with Crippen molar-refractivity contribution in [3.05, 3.63) is 90.6 Å². The predicted octanol–water partition coefficient (Wildman–Crippen LogP) is 2.52. The van der Waals surface area contributed by atoms with Gasteiger partial charge in [0.25, 0.3) is 11.5 Å². The number of carbonyl (C=O) groups excluding carboxylic acids is 2. The molecule has 9 heteroatoms. The number of anilines is 1. The summed E-state index contributed by atoms with van der Waals surface area (Å²) in [6.07, 6.45) is -0.343. The van der Waals surface area contributed by atoms with Crippen LogP contribution in [0.15, 0.2) is 69.6 Å². The normalized spacial score (nSPS) is 18.1. The van der Waals surface area contributed by atoms with Crippen molar-refractivity contribution in [2.75, 3.05) is 12.4 Å². The zero-order valence-electron chi connectivity index (χ0n) is 19.6. The minimum atomic E-state index is -0.766. The molecule has 2 aromatic carbocycles. The van der Waals surface area contributed by atoms with Crippen molar-refractivity contribution in [2.24, 2.45) is 4.99 Å². The van der Waals surface area contributed by atoms with E-state index < -0.39 is 17.6 Å². The van der Waals surface area contributed by atoms with Crippen LogP contribution >= 0.6 is 11.3 Å². The summed E-state index contributed by atoms with van der Waals surface area (Å²) < 4.78 is 12.6. The first-order chi connectivity index (χ1) is 16.8. The summed E-state index contributed by atoms with van der Waals surface area (Å²) in [6.45, 7) is 5.26. The van der Waals surface area contributed by atoms with Gasteiger partial charge < -0.3 is 14.8 Å². The first-order valence-electron chi connectivity index (χ1n) is 11.1. The molecule has 0 spiro atoms. The van der Waals surface area contributed by atoms with Crippen molar-refractivity contribution < 1.29 is 19.1 Å². The number of ether oxygens (including phenoxy) is 2. The molecule has 0 aliphatic carbocycles. The van der Waals surface area contributed by atoms with E-state index in [0.717, 1.165) is 11.3 Å². The molecule has 8 nitrogen and oxygen atoms in total. The minimum Gasteiger partial charge on any atom is -0.497 e. The van der Waals surface area contributed by atoms with Gasteiger partial charge in [-0.15, -0.1) is 0 Å². The van der Waals surface area contributed by atoms with Crippen LogP contribution in [0.25, 0.3) is 5.57 Å². The van der Waals surface area contributed by atoms with E-state index in [1.165, 1.54) is 4.57 Å². The summed E-state index contributed by atoms with van der Waals surface area (Å²) in [5.74, 6) is -0.230. The number of hydrogen-bond donors (Lipinski definition) is 1. The molecule has 2 aliphatic rings. The Labute approximate surface area is 204 Å². The molecule has 1 aromatic heterocycles. The third-order valence-corrected chi connectivity index (χ3v) is 6.94. The first-order valence-corrected chi connectivity index (χ1v) is 11.9. The third kappa shape index (κ3) is 3.77. The number of fused-ring (bicyclic) bond motifs is 2. The Morgan fingerprint density at radius 3 is 2.51 bits per heavy atom. The van der Waals surface area contributed by atoms with E-state index in [2.05, 4.69) is 10.3 Å². The topological polar surface area (TPSA) is 99.0 Å². The van der Waals surface area contributed by atoms with Gasteiger partial charge in [0.15, 0.2) is 4.80 Å². The molecule has 0 bridgehead atoms. The number of rotatable bonds is 4. The standard InChI is InChI=1S/C26H23N3O5S/c1-13(2)34-25(32)19-14(3)27-26-29(21(19)15-9-11-16(33-4)12-10-15)24(31)22(35-26)20-17-7-5-6-8-18(17)28-23(20)30/h5-13,21H,1-4H3,(H,28,30)/b22-20+. The number of para-hydroxylation sites is 1. The fraction of sp³-hybridized carbons (Fsp3) is 0.231. The predicted molar refractivity (Wildman–Crippen MR) is 132 cm³/mol. The number of thiazole rings is 1. The Balaban J connectivity index is 1.79. The van der Waals surface area contributed by atoms with Crippen LogP contribution in [0.3, 0.4) is 0 Å². The van der Waals surface area contributed by atoms with Crippen LogP contribution in [0.5, 0.6) is 5.75 Å². The molecule has 2 aliphatic heterocycles. The van der Waals surface area contributed by atoms with Gasteiger partial charge in [-0.05, 0) is 44.5 Å². The fourth-order valence-electron chi connectivity index (χ4n) is 4.35. The van der Waals surface area contributed by atoms with E-state index in [-0.39, 0.29) is 22.1 Å². The highest BCUT2D eigenvalue weighted by Crippen LogP contribution is 2.33. The molecule has 178 valence electrons. The molecule has 3 aromatic rings. The van der Waals surface area contributed by atoms with Gasteiger partial charge in [-0.25, -0.2) is 9.79 Å². The number of benzene rings is 2. The van der Waals surface area contributed by atoms with Gasteiger partial charge in [0.2, 0.25) is 0 Å². The lowest BCUT2D eigenvalue weighted by atomic mass is 9.95. The van der Waals surface area contributed by atoms with Crippen LogP contribution < -0.4 is 24.9 Å². The highest BCUT2D eigenvalue weighted by atomic mass is 32.1. The summed E-state index contributed by atoms with van der Waals surface area (Å²) >= 11 is 1.14. The van der Waals surface area contributed by atoms with E-state index in [1.807, 2.05) is 24.3 Å². The molecule has 1 unspecified atom stereocenters. The number of carbonyl (C=O) groups is 2. The van der Waals surface area contributed by atoms with Gasteiger partial charge in [-0.2, -0.15) is 0 Å². The molecule has 0 saturated carbocycles. The number of methoxy groups -OCH3 is 1. The second-order valence-corrected chi connectivity index (χ2v) is 9.48. The van der Waals surface area contributed by atoms with Crippen molar-refractivity contribution in [2.45, 2.75) is 32.9 Å². The summed E-state index contributed by atoms with van der Waals surface area (Å²) in [5, 5.41) is 2.82. The molecule has 1 atom stereocenters. The highest BCUT2D eigenvalue weighted by Gasteiger charge is 2.35. The maximum absolute atomic E-state index is 13.9. The van der Waals surface area contributed by atoms with Crippen LogP contribution in [0.1, 0.15) is 37.9 Å². The maximum Gasteiger partial charge on any atom is 0.338 e. The molecule has 1 N–H and O–H groups in total. The van der Waals surface area contributed by atoms with Gasteiger partial charge >= 0.3 is 5.97 Å². The van der Waals surface area contributed by atoms with Crippen LogP contribution in [-0.4, -0.2) is 29.7 Å². The third-order valence-electron chi connectivity index (χ3n) is 5.89. The van der Waals surface area contributed by atoms with E-state index in [0.29, 0.717) is 38.6 Å². The largest absolute Gasteiger partial charge is 0.497 e. The molecular weight excluding hydrogens is 466 g/mol. The quantitative estimate of drug-likeness (QED) is 0.568. The van der Waals surface area contributed by atoms with Gasteiger partial charge in [0, 0.05) is 11.3 Å². The second kappa shape index (κ2) is 8.66. The molecular formula is C26H23N3O5S. The van der Waals surface area contributed by atoms with E-state index in [1.54, 1.807) is 52.1 Å². The lowest BCUT2D eigenvalue weighted by molar-refractivity contribution is -0.143. The number of esters is 1. The number of nitrogens with one attached hydrogen (secondary N) is 1. The van der Waals surface area contributed by atoms with Crippen molar-refractivity contribution in [3.63, 3.8) is 0 Å². The van der Waals surface area contributed by atoms with Crippen molar-refractivity contribution in [1.82, 2.24) is 4.57 Å². The summed E-state index contributed by atoms with van der Waals surface area (Å²) in [7, 11) is 1.57. The molecule has 5 rings (SSSR count). The van der Waals surface area contributed by atoms with E-state index >= 15 is 0 Å². The number of amides is 1. The lowest BCUT2D eigenvalue weighted by Crippen LogP contribution is -2.40. The van der Waals surface area contributed by atoms with E-state index in [4.69, 9.17) is 9.47 Å². The molecule has 1 amide bonds. The Morgan fingerprint density at radius 1 is 1.11 bits per heavy atom. The van der Waals surface area contributed by atoms with Gasteiger partial charge in [0.1, 0.15) is 10.3 Å². The monoisotopic (exact) mass is 489 g/mol. The minimum absolute atomic E-state index is 0.274. The van der Waals surface area contributed by atoms with Gasteiger partial charge in [-0.3, -0.25) is 14.2 Å². The molecule has 0 radical (unpaired) electrons. The van der Waals surface area contributed by atoms with Crippen LogP contribution in [-0.2, 0) is 14.3 Å². The van der Waals surface area contributed by atoms with Gasteiger partial charge in [-0.1, -0.05) is 41.7 Å². The Morgan fingerprint density at radius 2 is 1.83 bits per heavy atom. The van der Waals surface area contributed by atoms with Crippen LogP contribution in [0.4, 0.5) is 5.69 Å². The highest BCUT2D eigenvalue weighted by molar-refractivity contribution is 7.07. The fourth-order valence-corrected chi connectivity index (χ4v) is 5.50.